The number of carbonyl (C=O) groups is 2. The van der Waals surface area contributed by atoms with Crippen LogP contribution in [0.2, 0.25) is 0 Å². The quantitative estimate of drug-likeness (QED) is 0.548. The molecule has 33 heavy (non-hydrogen) atoms. The Hall–Kier alpha value is -4.10. The molecule has 1 aromatic heterocycles. The van der Waals surface area contributed by atoms with Crippen molar-refractivity contribution in [3.8, 4) is 22.8 Å². The molecule has 2 N–H and O–H groups in total. The number of amides is 1. The van der Waals surface area contributed by atoms with Gasteiger partial charge in [-0.25, -0.2) is 0 Å². The van der Waals surface area contributed by atoms with E-state index in [1.54, 1.807) is 0 Å². The number of rotatable bonds is 5. The van der Waals surface area contributed by atoms with Gasteiger partial charge in [-0.3, -0.25) is 9.59 Å². The fraction of sp³-hybridized carbons (Fsp3) is 0.158. The van der Waals surface area contributed by atoms with Crippen LogP contribution in [0.25, 0.3) is 22.8 Å². The smallest absolute Gasteiger partial charge is 0.416 e. The highest BCUT2D eigenvalue weighted by Crippen LogP contribution is 2.37. The van der Waals surface area contributed by atoms with E-state index in [2.05, 4.69) is 25.7 Å². The Morgan fingerprint density at radius 1 is 0.758 bits per heavy atom. The van der Waals surface area contributed by atoms with Crippen molar-refractivity contribution in [1.29, 1.82) is 0 Å². The summed E-state index contributed by atoms with van der Waals surface area (Å²) in [5.41, 5.74) is -3.22. The third-order valence-electron chi connectivity index (χ3n) is 4.13. The Balaban J connectivity index is 1.87. The minimum Gasteiger partial charge on any atom is -0.480 e. The summed E-state index contributed by atoms with van der Waals surface area (Å²) in [6.07, 6.45) is -10.1. The summed E-state index contributed by atoms with van der Waals surface area (Å²) in [6, 6.07) is 6.29. The maximum Gasteiger partial charge on any atom is 0.416 e. The second kappa shape index (κ2) is 8.80. The van der Waals surface area contributed by atoms with E-state index in [0.29, 0.717) is 12.1 Å². The molecule has 0 saturated heterocycles. The average molecular weight is 471 g/mol. The van der Waals surface area contributed by atoms with E-state index in [1.165, 1.54) is 24.3 Å². The summed E-state index contributed by atoms with van der Waals surface area (Å²) in [7, 11) is 0. The highest BCUT2D eigenvalue weighted by Gasteiger charge is 2.37. The number of hydrogen-bond donors (Lipinski definition) is 2. The van der Waals surface area contributed by atoms with E-state index < -0.39 is 53.3 Å². The number of carboxylic acid groups (broad SMARTS) is 1. The van der Waals surface area contributed by atoms with Gasteiger partial charge in [-0.15, -0.1) is 20.4 Å². The number of carboxylic acids is 1. The first-order valence-corrected chi connectivity index (χ1v) is 8.82. The van der Waals surface area contributed by atoms with E-state index in [9.17, 15) is 35.9 Å². The monoisotopic (exact) mass is 471 g/mol. The van der Waals surface area contributed by atoms with Gasteiger partial charge in [0, 0.05) is 16.7 Å². The van der Waals surface area contributed by atoms with Crippen LogP contribution < -0.4 is 5.32 Å². The molecule has 0 aliphatic heterocycles. The molecule has 3 aromatic rings. The zero-order valence-corrected chi connectivity index (χ0v) is 16.1. The minimum absolute atomic E-state index is 0.0209. The number of aliphatic carboxylic acids is 1. The first-order valence-electron chi connectivity index (χ1n) is 8.82. The van der Waals surface area contributed by atoms with Crippen molar-refractivity contribution in [2.75, 3.05) is 6.54 Å². The van der Waals surface area contributed by atoms with Gasteiger partial charge < -0.3 is 10.4 Å². The Bertz CT molecular complexity index is 1150. The van der Waals surface area contributed by atoms with Crippen LogP contribution >= 0.6 is 0 Å². The van der Waals surface area contributed by atoms with E-state index in [-0.39, 0.29) is 23.0 Å². The summed E-state index contributed by atoms with van der Waals surface area (Å²) in [5.74, 6) is -2.55. The minimum atomic E-state index is -5.03. The molecule has 0 saturated carbocycles. The second-order valence-corrected chi connectivity index (χ2v) is 6.50. The first kappa shape index (κ1) is 23.6. The van der Waals surface area contributed by atoms with E-state index in [4.69, 9.17) is 5.11 Å². The highest BCUT2D eigenvalue weighted by atomic mass is 19.4. The molecule has 2 aromatic carbocycles. The van der Waals surface area contributed by atoms with Crippen LogP contribution in [0.4, 0.5) is 26.3 Å². The number of benzene rings is 2. The molecule has 0 aliphatic carbocycles. The number of nitrogens with one attached hydrogen (secondary N) is 1. The molecule has 8 nitrogen and oxygen atoms in total. The van der Waals surface area contributed by atoms with Crippen molar-refractivity contribution in [2.24, 2.45) is 0 Å². The van der Waals surface area contributed by atoms with Gasteiger partial charge in [-0.2, -0.15) is 26.3 Å². The van der Waals surface area contributed by atoms with Crippen molar-refractivity contribution in [2.45, 2.75) is 12.4 Å². The summed E-state index contributed by atoms with van der Waals surface area (Å²) in [5, 5.41) is 25.2. The normalized spacial score (nSPS) is 11.8. The first-order chi connectivity index (χ1) is 15.3. The van der Waals surface area contributed by atoms with E-state index in [0.717, 1.165) is 0 Å². The predicted molar refractivity (Wildman–Crippen MR) is 98.5 cm³/mol. The molecule has 0 spiro atoms. The van der Waals surface area contributed by atoms with Gasteiger partial charge >= 0.3 is 18.3 Å². The van der Waals surface area contributed by atoms with Crippen LogP contribution in [0.15, 0.2) is 42.5 Å². The average Bonchev–Trinajstić information content (AvgIpc) is 2.76. The number of aromatic nitrogens is 4. The van der Waals surface area contributed by atoms with Gasteiger partial charge in [0.25, 0.3) is 5.91 Å². The van der Waals surface area contributed by atoms with Gasteiger partial charge in [-0.05, 0) is 30.3 Å². The maximum atomic E-state index is 13.0. The molecular weight excluding hydrogens is 460 g/mol. The van der Waals surface area contributed by atoms with Crippen LogP contribution in [-0.2, 0) is 17.1 Å². The van der Waals surface area contributed by atoms with E-state index in [1.807, 2.05) is 0 Å². The third-order valence-corrected chi connectivity index (χ3v) is 4.13. The van der Waals surface area contributed by atoms with Crippen molar-refractivity contribution < 1.29 is 41.0 Å². The highest BCUT2D eigenvalue weighted by molar-refractivity contribution is 5.96. The van der Waals surface area contributed by atoms with Crippen molar-refractivity contribution in [3.63, 3.8) is 0 Å². The Morgan fingerprint density at radius 2 is 1.21 bits per heavy atom. The molecule has 14 heteroatoms. The Labute approximate surface area is 180 Å². The van der Waals surface area contributed by atoms with Crippen LogP contribution in [0.5, 0.6) is 0 Å². The fourth-order valence-electron chi connectivity index (χ4n) is 2.57. The summed E-state index contributed by atoms with van der Waals surface area (Å²) < 4.78 is 78.1. The maximum absolute atomic E-state index is 13.0. The fourth-order valence-corrected chi connectivity index (χ4v) is 2.57. The predicted octanol–water partition coefficient (Wildman–Crippen LogP) is 3.45. The topological polar surface area (TPSA) is 118 Å². The molecular formula is C19H11F6N5O3. The van der Waals surface area contributed by atoms with Gasteiger partial charge in [-0.1, -0.05) is 12.1 Å². The van der Waals surface area contributed by atoms with E-state index >= 15 is 0 Å². The molecule has 0 atom stereocenters. The van der Waals surface area contributed by atoms with Gasteiger partial charge in [0.1, 0.15) is 6.54 Å². The lowest BCUT2D eigenvalue weighted by Crippen LogP contribution is -2.29. The molecule has 0 radical (unpaired) electrons. The Kier molecular flexibility index (Phi) is 6.28. The van der Waals surface area contributed by atoms with Crippen molar-refractivity contribution in [3.05, 3.63) is 59.2 Å². The largest absolute Gasteiger partial charge is 0.480 e. The Morgan fingerprint density at radius 3 is 1.64 bits per heavy atom. The van der Waals surface area contributed by atoms with Crippen LogP contribution in [-0.4, -0.2) is 43.9 Å². The molecule has 0 unspecified atom stereocenters. The molecule has 0 bridgehead atoms. The molecule has 0 aliphatic rings. The van der Waals surface area contributed by atoms with Crippen LogP contribution in [0.3, 0.4) is 0 Å². The lowest BCUT2D eigenvalue weighted by atomic mass is 10.0. The molecule has 1 heterocycles. The van der Waals surface area contributed by atoms with Gasteiger partial charge in [0.15, 0.2) is 0 Å². The number of carbonyl (C=O) groups excluding carboxylic acids is 1. The summed E-state index contributed by atoms with van der Waals surface area (Å²) in [4.78, 5) is 22.3. The van der Waals surface area contributed by atoms with Crippen LogP contribution in [0.1, 0.15) is 21.5 Å². The lowest BCUT2D eigenvalue weighted by molar-refractivity contribution is -0.143. The second-order valence-electron chi connectivity index (χ2n) is 6.50. The third kappa shape index (κ3) is 5.78. The van der Waals surface area contributed by atoms with Gasteiger partial charge in [0.05, 0.1) is 11.1 Å². The summed E-state index contributed by atoms with van der Waals surface area (Å²) in [6.45, 7) is -0.579. The zero-order valence-electron chi connectivity index (χ0n) is 16.1. The number of nitrogens with zero attached hydrogens (tertiary/aromatic N) is 4. The number of halogens is 6. The molecule has 1 amide bonds. The zero-order chi connectivity index (χ0) is 24.4. The van der Waals surface area contributed by atoms with Crippen LogP contribution in [0, 0.1) is 0 Å². The number of alkyl halides is 6. The van der Waals surface area contributed by atoms with Crippen molar-refractivity contribution in [1.82, 2.24) is 25.7 Å². The summed E-state index contributed by atoms with van der Waals surface area (Å²) >= 11 is 0. The lowest BCUT2D eigenvalue weighted by Gasteiger charge is -2.13. The van der Waals surface area contributed by atoms with Gasteiger partial charge in [0.2, 0.25) is 11.6 Å². The molecule has 3 rings (SSSR count). The molecule has 0 fully saturated rings. The standard InChI is InChI=1S/C19H11F6N5O3/c20-18(21,22)12-5-11(6-13(7-12)19(23,24)25)16-29-27-15(28-30-16)9-1-3-10(4-2-9)17(33)26-8-14(31)32/h1-7H,8H2,(H,26,33)(H,31,32). The SMILES string of the molecule is O=C(O)CNC(=O)c1ccc(-c2nnc(-c3cc(C(F)(F)F)cc(C(F)(F)F)c3)nn2)cc1. The molecule has 172 valence electrons. The number of hydrogen-bond acceptors (Lipinski definition) is 6. The van der Waals surface area contributed by atoms with Crippen molar-refractivity contribution >= 4 is 11.9 Å².